The minimum atomic E-state index is -1.55. The van der Waals surface area contributed by atoms with Crippen molar-refractivity contribution in [3.8, 4) is 11.5 Å². The van der Waals surface area contributed by atoms with Crippen molar-refractivity contribution in [2.24, 2.45) is 23.3 Å². The Kier molecular flexibility index (Phi) is 5.91. The van der Waals surface area contributed by atoms with Crippen molar-refractivity contribution < 1.29 is 19.4 Å². The van der Waals surface area contributed by atoms with Crippen LogP contribution in [0, 0.1) is 18.8 Å². The number of nitrogen functional groups attached to an aromatic ring is 1. The highest BCUT2D eigenvalue weighted by Crippen LogP contribution is 2.58. The van der Waals surface area contributed by atoms with Crippen LogP contribution < -0.4 is 27.3 Å². The SMILES string of the molecule is Cc1cc(Oc2ccccc2)ccc1C1(N)C(=O)C(N)c2c(C(=O)NC34C[C@@H]5C[C@@H](CC(O)(C5)C3)C4)sc3c(N)ccc1c23. The molecule has 4 bridgehead atoms. The van der Waals surface area contributed by atoms with Gasteiger partial charge in [0.2, 0.25) is 0 Å². The number of nitrogens with two attached hydrogens (primary N) is 3. The number of ether oxygens (including phenoxy) is 1. The van der Waals surface area contributed by atoms with Crippen LogP contribution in [0.25, 0.3) is 10.1 Å². The van der Waals surface area contributed by atoms with Crippen molar-refractivity contribution >= 4 is 38.8 Å². The van der Waals surface area contributed by atoms with Crippen LogP contribution in [0.15, 0.2) is 60.7 Å². The average Bonchev–Trinajstić information content (AvgIpc) is 3.37. The van der Waals surface area contributed by atoms with Crippen molar-refractivity contribution in [1.29, 1.82) is 0 Å². The Bertz CT molecular complexity index is 1860. The molecule has 0 spiro atoms. The number of amides is 1. The summed E-state index contributed by atoms with van der Waals surface area (Å²) in [4.78, 5) is 28.8. The summed E-state index contributed by atoms with van der Waals surface area (Å²) >= 11 is 1.27. The maximum Gasteiger partial charge on any atom is 0.262 e. The number of hydrogen-bond donors (Lipinski definition) is 5. The van der Waals surface area contributed by atoms with Crippen LogP contribution in [0.1, 0.15) is 76.5 Å². The molecule has 1 heterocycles. The lowest BCUT2D eigenvalue weighted by atomic mass is 9.51. The first-order valence-corrected chi connectivity index (χ1v) is 16.1. The fourth-order valence-electron chi connectivity index (χ4n) is 9.25. The number of aryl methyl sites for hydroxylation is 1. The van der Waals surface area contributed by atoms with Crippen molar-refractivity contribution in [1.82, 2.24) is 5.32 Å². The minimum Gasteiger partial charge on any atom is -0.457 e. The van der Waals surface area contributed by atoms with Crippen LogP contribution >= 0.6 is 11.3 Å². The quantitative estimate of drug-likeness (QED) is 0.196. The smallest absolute Gasteiger partial charge is 0.262 e. The minimum absolute atomic E-state index is 0.261. The number of carbonyl (C=O) groups excluding carboxylic acids is 2. The van der Waals surface area contributed by atoms with Gasteiger partial charge in [-0.1, -0.05) is 30.3 Å². The molecule has 4 unspecified atom stereocenters. The highest BCUT2D eigenvalue weighted by molar-refractivity contribution is 7.21. The van der Waals surface area contributed by atoms with Gasteiger partial charge in [-0.2, -0.15) is 0 Å². The number of aliphatic hydroxyl groups is 1. The zero-order valence-corrected chi connectivity index (χ0v) is 25.4. The second kappa shape index (κ2) is 9.37. The summed E-state index contributed by atoms with van der Waals surface area (Å²) in [5.41, 5.74) is 20.6. The van der Waals surface area contributed by atoms with E-state index in [-0.39, 0.29) is 11.7 Å². The summed E-state index contributed by atoms with van der Waals surface area (Å²) in [6.45, 7) is 1.90. The zero-order chi connectivity index (χ0) is 30.6. The molecule has 5 aliphatic rings. The van der Waals surface area contributed by atoms with E-state index in [4.69, 9.17) is 21.9 Å². The number of anilines is 1. The molecule has 9 rings (SSSR count). The number of para-hydroxylation sites is 1. The van der Waals surface area contributed by atoms with E-state index >= 15 is 0 Å². The van der Waals surface area contributed by atoms with E-state index in [1.54, 1.807) is 18.2 Å². The third-order valence-electron chi connectivity index (χ3n) is 10.5. The Balaban J connectivity index is 1.20. The molecule has 0 radical (unpaired) electrons. The van der Waals surface area contributed by atoms with Gasteiger partial charge in [0.15, 0.2) is 5.78 Å². The van der Waals surface area contributed by atoms with Crippen LogP contribution in [0.3, 0.4) is 0 Å². The van der Waals surface area contributed by atoms with Crippen LogP contribution in [0.2, 0.25) is 0 Å². The second-order valence-electron chi connectivity index (χ2n) is 13.7. The van der Waals surface area contributed by atoms with Crippen molar-refractivity contribution in [3.63, 3.8) is 0 Å². The lowest BCUT2D eigenvalue weighted by molar-refractivity contribution is -0.139. The molecule has 0 aliphatic heterocycles. The van der Waals surface area contributed by atoms with E-state index < -0.39 is 22.7 Å². The van der Waals surface area contributed by atoms with Gasteiger partial charge in [-0.15, -0.1) is 11.3 Å². The predicted molar refractivity (Wildman–Crippen MR) is 171 cm³/mol. The van der Waals surface area contributed by atoms with Gasteiger partial charge < -0.3 is 32.4 Å². The second-order valence-corrected chi connectivity index (χ2v) is 14.7. The fourth-order valence-corrected chi connectivity index (χ4v) is 10.4. The number of thiophene rings is 1. The third-order valence-corrected chi connectivity index (χ3v) is 11.8. The highest BCUT2D eigenvalue weighted by Gasteiger charge is 2.58. The Labute approximate surface area is 259 Å². The fraction of sp³-hybridized carbons (Fsp3) is 0.371. The topological polar surface area (TPSA) is 154 Å². The first-order chi connectivity index (χ1) is 21.0. The number of benzene rings is 3. The Morgan fingerprint density at radius 1 is 1.00 bits per heavy atom. The van der Waals surface area contributed by atoms with Crippen molar-refractivity contribution in [2.75, 3.05) is 5.73 Å². The van der Waals surface area contributed by atoms with Gasteiger partial charge in [0, 0.05) is 22.2 Å². The van der Waals surface area contributed by atoms with Gasteiger partial charge in [0.1, 0.15) is 17.0 Å². The molecular weight excluding hydrogens is 572 g/mol. The molecular formula is C35H36N4O4S. The first kappa shape index (κ1) is 27.8. The Hall–Kier alpha value is -3.76. The molecule has 44 heavy (non-hydrogen) atoms. The molecule has 1 amide bonds. The highest BCUT2D eigenvalue weighted by atomic mass is 32.1. The van der Waals surface area contributed by atoms with Crippen molar-refractivity contribution in [3.05, 3.63) is 87.8 Å². The lowest BCUT2D eigenvalue weighted by Gasteiger charge is -2.60. The maximum absolute atomic E-state index is 14.3. The summed E-state index contributed by atoms with van der Waals surface area (Å²) in [5.74, 6) is 1.52. The zero-order valence-electron chi connectivity index (χ0n) is 24.6. The molecule has 1 aromatic heterocycles. The van der Waals surface area contributed by atoms with E-state index in [0.717, 1.165) is 37.7 Å². The summed E-state index contributed by atoms with van der Waals surface area (Å²) < 4.78 is 6.72. The predicted octanol–water partition coefficient (Wildman–Crippen LogP) is 5.18. The summed E-state index contributed by atoms with van der Waals surface area (Å²) in [7, 11) is 0. The molecule has 4 saturated carbocycles. The molecule has 8 N–H and O–H groups in total. The van der Waals surface area contributed by atoms with E-state index in [0.29, 0.717) is 67.1 Å². The van der Waals surface area contributed by atoms with Gasteiger partial charge in [-0.05, 0) is 104 Å². The molecule has 6 atom stereocenters. The van der Waals surface area contributed by atoms with E-state index in [9.17, 15) is 14.7 Å². The number of rotatable bonds is 5. The summed E-state index contributed by atoms with van der Waals surface area (Å²) in [6, 6.07) is 17.4. The van der Waals surface area contributed by atoms with Crippen LogP contribution in [-0.4, -0.2) is 27.9 Å². The monoisotopic (exact) mass is 608 g/mol. The number of Topliss-reactive ketones (excluding diaryl/α,β-unsaturated/α-hetero) is 1. The summed E-state index contributed by atoms with van der Waals surface area (Å²) in [5, 5.41) is 15.3. The van der Waals surface area contributed by atoms with E-state index in [1.807, 2.05) is 49.4 Å². The number of carbonyl (C=O) groups is 2. The first-order valence-electron chi connectivity index (χ1n) is 15.3. The van der Waals surface area contributed by atoms with Gasteiger partial charge >= 0.3 is 0 Å². The molecule has 3 aromatic carbocycles. The van der Waals surface area contributed by atoms with Gasteiger partial charge in [-0.25, -0.2) is 0 Å². The van der Waals surface area contributed by atoms with Crippen LogP contribution in [0.4, 0.5) is 5.69 Å². The van der Waals surface area contributed by atoms with Crippen LogP contribution in [0.5, 0.6) is 11.5 Å². The summed E-state index contributed by atoms with van der Waals surface area (Å²) in [6.07, 6.45) is 5.03. The van der Waals surface area contributed by atoms with Gasteiger partial charge in [0.05, 0.1) is 21.2 Å². The van der Waals surface area contributed by atoms with E-state index in [2.05, 4.69) is 5.32 Å². The third kappa shape index (κ3) is 3.99. The molecule has 9 heteroatoms. The largest absolute Gasteiger partial charge is 0.457 e. The van der Waals surface area contributed by atoms with Gasteiger partial charge in [-0.3, -0.25) is 9.59 Å². The molecule has 226 valence electrons. The Morgan fingerprint density at radius 2 is 1.70 bits per heavy atom. The normalized spacial score (nSPS) is 31.8. The molecule has 8 nitrogen and oxygen atoms in total. The molecule has 5 aliphatic carbocycles. The number of hydrogen-bond acceptors (Lipinski definition) is 8. The molecule has 4 aromatic rings. The van der Waals surface area contributed by atoms with Crippen LogP contribution in [-0.2, 0) is 10.3 Å². The Morgan fingerprint density at radius 3 is 2.39 bits per heavy atom. The molecule has 0 saturated heterocycles. The lowest BCUT2D eigenvalue weighted by Crippen LogP contribution is -2.65. The van der Waals surface area contributed by atoms with E-state index in [1.165, 1.54) is 11.3 Å². The standard InChI is InChI=1S/C35H36N4O4S/c1-18-11-22(43-21-5-3-2-4-6-21)7-8-23(18)35(38)24-9-10-25(36)29-26(24)27(28(37)31(35)40)30(44-29)32(41)39-33-13-19-12-20(14-33)16-34(42,15-19)17-33/h2-11,19-20,28,42H,12-17,36-38H2,1H3,(H,39,41)/t19-,20+,28?,33?,34?,35?. The van der Waals surface area contributed by atoms with Gasteiger partial charge in [0.25, 0.3) is 5.91 Å². The van der Waals surface area contributed by atoms with Crippen molar-refractivity contribution in [2.45, 2.75) is 68.2 Å². The maximum atomic E-state index is 14.3. The number of nitrogens with one attached hydrogen (secondary N) is 1. The average molecular weight is 609 g/mol. The number of ketones is 1. The molecule has 4 fully saturated rings.